The fraction of sp³-hybridized carbons (Fsp3) is 0.348. The molecule has 0 bridgehead atoms. The molecule has 2 N–H and O–H groups in total. The van der Waals surface area contributed by atoms with Crippen molar-refractivity contribution in [2.24, 2.45) is 0 Å². The maximum absolute atomic E-state index is 13.1. The fourth-order valence-electron chi connectivity index (χ4n) is 2.70. The number of hydrogen-bond donors (Lipinski definition) is 2. The average molecular weight is 493 g/mol. The minimum Gasteiger partial charge on any atom is -0.447 e. The highest BCUT2D eigenvalue weighted by molar-refractivity contribution is 7.82. The number of hydrogen-bond acceptors (Lipinski definition) is 7. The summed E-state index contributed by atoms with van der Waals surface area (Å²) in [4.78, 5) is 29.8. The van der Waals surface area contributed by atoms with E-state index in [1.165, 1.54) is 35.0 Å². The number of carbonyl (C=O) groups is 2. The second-order valence-electron chi connectivity index (χ2n) is 6.93. The van der Waals surface area contributed by atoms with Crippen LogP contribution in [-0.2, 0) is 25.3 Å². The third-order valence-corrected chi connectivity index (χ3v) is 5.87. The van der Waals surface area contributed by atoms with Crippen LogP contribution in [0.25, 0.3) is 11.3 Å². The standard InChI is InChI=1S/C21H28N4O6S.C2H4/c1-16-5-4-6-17(13-16)19-8-7-18(14-22-19)32(29)25(15-20(26)23-28)10-9-24(2)21(27)31-12-11-30-3;1-2/h4-8,13-14,28H,9-12,15H2,1-3H3,(H,23,26);1-2H2. The summed E-state index contributed by atoms with van der Waals surface area (Å²) in [6.07, 6.45) is 0.920. The monoisotopic (exact) mass is 492 g/mol. The molecule has 0 saturated carbocycles. The lowest BCUT2D eigenvalue weighted by atomic mass is 10.1. The van der Waals surface area contributed by atoms with Crippen LogP contribution in [0.1, 0.15) is 5.56 Å². The van der Waals surface area contributed by atoms with Gasteiger partial charge >= 0.3 is 6.09 Å². The number of hydroxylamine groups is 1. The van der Waals surface area contributed by atoms with Crippen molar-refractivity contribution >= 4 is 23.0 Å². The number of methoxy groups -OCH3 is 1. The number of benzene rings is 1. The molecular weight excluding hydrogens is 460 g/mol. The van der Waals surface area contributed by atoms with Crippen molar-refractivity contribution in [1.29, 1.82) is 0 Å². The molecule has 0 radical (unpaired) electrons. The van der Waals surface area contributed by atoms with E-state index in [1.54, 1.807) is 12.1 Å². The van der Waals surface area contributed by atoms with Gasteiger partial charge in [0.2, 0.25) is 0 Å². The van der Waals surface area contributed by atoms with Crippen LogP contribution in [0, 0.1) is 6.92 Å². The molecule has 2 rings (SSSR count). The summed E-state index contributed by atoms with van der Waals surface area (Å²) in [5.41, 5.74) is 4.30. The molecule has 0 saturated heterocycles. The molecule has 1 atom stereocenters. The highest BCUT2D eigenvalue weighted by atomic mass is 32.2. The Morgan fingerprint density at radius 3 is 2.50 bits per heavy atom. The summed E-state index contributed by atoms with van der Waals surface area (Å²) in [6, 6.07) is 11.3. The smallest absolute Gasteiger partial charge is 0.409 e. The first kappa shape index (κ1) is 28.9. The highest BCUT2D eigenvalue weighted by Crippen LogP contribution is 2.20. The minimum absolute atomic E-state index is 0.0928. The summed E-state index contributed by atoms with van der Waals surface area (Å²) < 4.78 is 24.3. The van der Waals surface area contributed by atoms with Gasteiger partial charge in [0.25, 0.3) is 5.91 Å². The van der Waals surface area contributed by atoms with E-state index in [0.717, 1.165) is 16.8 Å². The Morgan fingerprint density at radius 2 is 1.91 bits per heavy atom. The molecule has 0 spiro atoms. The molecule has 2 aromatic rings. The molecule has 186 valence electrons. The number of carbonyl (C=O) groups excluding carboxylic acids is 2. The van der Waals surface area contributed by atoms with Gasteiger partial charge in [-0.1, -0.05) is 23.8 Å². The van der Waals surface area contributed by atoms with Gasteiger partial charge in [0.05, 0.1) is 23.7 Å². The van der Waals surface area contributed by atoms with Crippen LogP contribution < -0.4 is 5.48 Å². The van der Waals surface area contributed by atoms with Crippen LogP contribution in [0.2, 0.25) is 0 Å². The molecule has 1 aromatic heterocycles. The Kier molecular flexibility index (Phi) is 13.3. The number of nitrogens with one attached hydrogen (secondary N) is 1. The number of nitrogens with zero attached hydrogens (tertiary/aromatic N) is 3. The molecule has 10 nitrogen and oxygen atoms in total. The van der Waals surface area contributed by atoms with Gasteiger partial charge in [-0.15, -0.1) is 13.2 Å². The van der Waals surface area contributed by atoms with Crippen molar-refractivity contribution in [3.8, 4) is 11.3 Å². The van der Waals surface area contributed by atoms with E-state index in [0.29, 0.717) is 4.90 Å². The molecule has 1 aromatic carbocycles. The Morgan fingerprint density at radius 1 is 1.18 bits per heavy atom. The van der Waals surface area contributed by atoms with E-state index in [1.807, 2.05) is 31.2 Å². The Balaban J connectivity index is 0.00000281. The predicted octanol–water partition coefficient (Wildman–Crippen LogP) is 2.40. The molecule has 0 aliphatic heterocycles. The second-order valence-corrected chi connectivity index (χ2v) is 8.41. The van der Waals surface area contributed by atoms with Crippen molar-refractivity contribution in [1.82, 2.24) is 19.7 Å². The van der Waals surface area contributed by atoms with Gasteiger partial charge in [-0.2, -0.15) is 0 Å². The van der Waals surface area contributed by atoms with Gasteiger partial charge in [0.1, 0.15) is 17.6 Å². The van der Waals surface area contributed by atoms with E-state index >= 15 is 0 Å². The molecule has 1 heterocycles. The number of rotatable bonds is 11. The first-order valence-electron chi connectivity index (χ1n) is 10.4. The zero-order valence-electron chi connectivity index (χ0n) is 19.7. The number of aromatic nitrogens is 1. The van der Waals surface area contributed by atoms with Gasteiger partial charge in [0.15, 0.2) is 0 Å². The molecule has 0 fully saturated rings. The Labute approximate surface area is 202 Å². The largest absolute Gasteiger partial charge is 0.447 e. The quantitative estimate of drug-likeness (QED) is 0.214. The number of amides is 2. The van der Waals surface area contributed by atoms with Crippen LogP contribution >= 0.6 is 0 Å². The molecule has 34 heavy (non-hydrogen) atoms. The molecule has 11 heteroatoms. The topological polar surface area (TPSA) is 121 Å². The van der Waals surface area contributed by atoms with E-state index in [9.17, 15) is 13.8 Å². The number of pyridine rings is 1. The van der Waals surface area contributed by atoms with E-state index in [2.05, 4.69) is 18.1 Å². The maximum Gasteiger partial charge on any atom is 0.409 e. The average Bonchev–Trinajstić information content (AvgIpc) is 2.87. The summed E-state index contributed by atoms with van der Waals surface area (Å²) in [5.74, 6) is -0.729. The van der Waals surface area contributed by atoms with Gasteiger partial charge in [-0.25, -0.2) is 18.8 Å². The van der Waals surface area contributed by atoms with Crippen molar-refractivity contribution in [3.63, 3.8) is 0 Å². The zero-order valence-corrected chi connectivity index (χ0v) is 20.5. The summed E-state index contributed by atoms with van der Waals surface area (Å²) in [7, 11) is 1.28. The molecule has 1 unspecified atom stereocenters. The lowest BCUT2D eigenvalue weighted by Crippen LogP contribution is -2.42. The first-order chi connectivity index (χ1) is 16.3. The van der Waals surface area contributed by atoms with Crippen molar-refractivity contribution < 1.29 is 28.5 Å². The first-order valence-corrected chi connectivity index (χ1v) is 11.5. The zero-order chi connectivity index (χ0) is 25.5. The lowest BCUT2D eigenvalue weighted by Gasteiger charge is -2.23. The SMILES string of the molecule is C=C.COCCOC(=O)N(C)CCN(CC(=O)NO)S(=O)c1ccc(-c2cccc(C)c2)nc1. The summed E-state index contributed by atoms with van der Waals surface area (Å²) in [5, 5.41) is 8.87. The van der Waals surface area contributed by atoms with E-state index in [4.69, 9.17) is 14.7 Å². The third kappa shape index (κ3) is 9.40. The Bertz CT molecular complexity index is 941. The van der Waals surface area contributed by atoms with Crippen molar-refractivity contribution in [2.75, 3.05) is 47.0 Å². The molecule has 2 amide bonds. The minimum atomic E-state index is -1.75. The van der Waals surface area contributed by atoms with Crippen molar-refractivity contribution in [2.45, 2.75) is 11.8 Å². The van der Waals surface area contributed by atoms with Crippen LogP contribution in [0.15, 0.2) is 60.6 Å². The number of aryl methyl sites for hydroxylation is 1. The van der Waals surface area contributed by atoms with Crippen molar-refractivity contribution in [3.05, 3.63) is 61.3 Å². The van der Waals surface area contributed by atoms with E-state index in [-0.39, 0.29) is 32.8 Å². The summed E-state index contributed by atoms with van der Waals surface area (Å²) >= 11 is 0. The van der Waals surface area contributed by atoms with E-state index < -0.39 is 23.0 Å². The van der Waals surface area contributed by atoms with Gasteiger partial charge in [-0.3, -0.25) is 15.0 Å². The lowest BCUT2D eigenvalue weighted by molar-refractivity contribution is -0.129. The molecule has 0 aliphatic rings. The normalized spacial score (nSPS) is 11.2. The second kappa shape index (κ2) is 15.7. The third-order valence-electron chi connectivity index (χ3n) is 4.44. The molecular formula is C23H32N4O6S. The van der Waals surface area contributed by atoms with Crippen LogP contribution in [-0.4, -0.2) is 82.6 Å². The van der Waals surface area contributed by atoms with Crippen LogP contribution in [0.5, 0.6) is 0 Å². The molecule has 0 aliphatic carbocycles. The van der Waals surface area contributed by atoms with Gasteiger partial charge < -0.3 is 14.4 Å². The fourth-order valence-corrected chi connectivity index (χ4v) is 3.81. The summed E-state index contributed by atoms with van der Waals surface area (Å²) in [6.45, 7) is 8.27. The number of likely N-dealkylation sites (N-methyl/N-ethyl adjacent to an activating group) is 1. The van der Waals surface area contributed by atoms with Gasteiger partial charge in [-0.05, 0) is 25.1 Å². The maximum atomic E-state index is 13.1. The van der Waals surface area contributed by atoms with Crippen LogP contribution in [0.3, 0.4) is 0 Å². The highest BCUT2D eigenvalue weighted by Gasteiger charge is 2.21. The number of ether oxygens (including phenoxy) is 2. The van der Waals surface area contributed by atoms with Gasteiger partial charge in [0, 0.05) is 39.0 Å². The Hall–Kier alpha value is -3.12. The van der Waals surface area contributed by atoms with Crippen LogP contribution in [0.4, 0.5) is 4.79 Å². The predicted molar refractivity (Wildman–Crippen MR) is 129 cm³/mol.